The van der Waals surface area contributed by atoms with E-state index in [4.69, 9.17) is 4.42 Å². The SMILES string of the molecule is Cc1ccc2c(c1)-c1ccccc1C2(C)C.Cc1ccc2c(c1)C(C)(C)c1ccccc1-2.Cc1ccc2c(c1)sc1ccccc12.Cc1ccc2sc3ccccc3c2c1.Cc1cccc2c1C(C)(C)c1ccccc1-2.Cc1cccc2c1oc1c(-c3ccccc3)cccc12.Cc1cccc2c1sc1ccccc12. The molecule has 0 saturated carbocycles. The van der Waals surface area contributed by atoms with Gasteiger partial charge in [-0.15, -0.1) is 34.0 Å². The van der Waals surface area contributed by atoms with Crippen LogP contribution in [0.5, 0.6) is 0 Å². The van der Waals surface area contributed by atoms with Gasteiger partial charge in [0.2, 0.25) is 0 Å². The highest BCUT2D eigenvalue weighted by Crippen LogP contribution is 2.52. The van der Waals surface area contributed by atoms with Crippen molar-refractivity contribution < 1.29 is 4.42 Å². The quantitative estimate of drug-likeness (QED) is 0.160. The second-order valence-corrected chi connectivity index (χ2v) is 34.7. The van der Waals surface area contributed by atoms with E-state index in [9.17, 15) is 0 Å². The second kappa shape index (κ2) is 30.0. The van der Waals surface area contributed by atoms with Gasteiger partial charge in [0.05, 0.1) is 0 Å². The van der Waals surface area contributed by atoms with E-state index in [1.54, 1.807) is 0 Å². The Labute approximate surface area is 660 Å². The Morgan fingerprint density at radius 3 is 1.30 bits per heavy atom. The van der Waals surface area contributed by atoms with Crippen LogP contribution >= 0.6 is 34.0 Å². The van der Waals surface area contributed by atoms with Gasteiger partial charge in [-0.05, 0) is 179 Å². The van der Waals surface area contributed by atoms with E-state index in [1.165, 1.54) is 183 Å². The molecule has 3 aliphatic carbocycles. The summed E-state index contributed by atoms with van der Waals surface area (Å²) in [6.07, 6.45) is 0. The third-order valence-corrected chi connectivity index (χ3v) is 26.3. The fourth-order valence-electron chi connectivity index (χ4n) is 17.1. The Morgan fingerprint density at radius 1 is 0.218 bits per heavy atom. The zero-order valence-electron chi connectivity index (χ0n) is 65.2. The number of aryl methyl sites for hydroxylation is 7. The van der Waals surface area contributed by atoms with Gasteiger partial charge in [0.25, 0.3) is 0 Å². The zero-order chi connectivity index (χ0) is 76.2. The van der Waals surface area contributed by atoms with Crippen LogP contribution < -0.4 is 0 Å². The fourth-order valence-corrected chi connectivity index (χ4v) is 20.6. The lowest BCUT2D eigenvalue weighted by atomic mass is 9.80. The van der Waals surface area contributed by atoms with Gasteiger partial charge in [0, 0.05) is 93.1 Å². The molecule has 15 aromatic carbocycles. The average Bonchev–Trinajstić information content (AvgIpc) is 1.57. The van der Waals surface area contributed by atoms with Crippen LogP contribution in [0.3, 0.4) is 0 Å². The maximum Gasteiger partial charge on any atom is 0.143 e. The first-order valence-corrected chi connectivity index (χ1v) is 40.9. The molecule has 0 fully saturated rings. The number of rotatable bonds is 1. The third-order valence-electron chi connectivity index (χ3n) is 22.7. The molecule has 0 amide bonds. The molecule has 110 heavy (non-hydrogen) atoms. The van der Waals surface area contributed by atoms with Gasteiger partial charge < -0.3 is 4.42 Å². The Hall–Kier alpha value is -11.2. The predicted octanol–water partition coefficient (Wildman–Crippen LogP) is 31.6. The van der Waals surface area contributed by atoms with Crippen LogP contribution in [-0.2, 0) is 16.2 Å². The summed E-state index contributed by atoms with van der Waals surface area (Å²) in [6.45, 7) is 29.0. The minimum Gasteiger partial charge on any atom is -0.455 e. The maximum absolute atomic E-state index is 6.17. The van der Waals surface area contributed by atoms with E-state index in [1.807, 2.05) is 40.1 Å². The van der Waals surface area contributed by atoms with Crippen molar-refractivity contribution in [1.82, 2.24) is 0 Å². The van der Waals surface area contributed by atoms with Gasteiger partial charge >= 0.3 is 0 Å². The molecular formula is C106H92OS3. The van der Waals surface area contributed by atoms with Gasteiger partial charge in [-0.1, -0.05) is 343 Å². The van der Waals surface area contributed by atoms with E-state index in [-0.39, 0.29) is 16.2 Å². The second-order valence-electron chi connectivity index (χ2n) is 31.5. The highest BCUT2D eigenvalue weighted by atomic mass is 32.1. The summed E-state index contributed by atoms with van der Waals surface area (Å²) in [4.78, 5) is 0. The molecule has 0 unspecified atom stereocenters. The summed E-state index contributed by atoms with van der Waals surface area (Å²) in [7, 11) is 0. The highest BCUT2D eigenvalue weighted by molar-refractivity contribution is 7.26. The first kappa shape index (κ1) is 72.9. The summed E-state index contributed by atoms with van der Waals surface area (Å²) < 4.78 is 14.5. The van der Waals surface area contributed by atoms with Crippen molar-refractivity contribution in [3.63, 3.8) is 0 Å². The van der Waals surface area contributed by atoms with E-state index in [0.717, 1.165) is 16.7 Å². The van der Waals surface area contributed by atoms with E-state index < -0.39 is 0 Å². The van der Waals surface area contributed by atoms with Crippen LogP contribution in [0.1, 0.15) is 114 Å². The number of furan rings is 1. The number of para-hydroxylation sites is 2. The van der Waals surface area contributed by atoms with Crippen molar-refractivity contribution in [3.05, 3.63) is 394 Å². The van der Waals surface area contributed by atoms with Crippen LogP contribution in [0.4, 0.5) is 0 Å². The van der Waals surface area contributed by atoms with Gasteiger partial charge in [-0.3, -0.25) is 0 Å². The summed E-state index contributed by atoms with van der Waals surface area (Å²) in [6, 6.07) is 115. The summed E-state index contributed by atoms with van der Waals surface area (Å²) >= 11 is 5.63. The summed E-state index contributed by atoms with van der Waals surface area (Å²) in [5, 5.41) is 10.7. The van der Waals surface area contributed by atoms with Crippen molar-refractivity contribution in [2.45, 2.75) is 106 Å². The van der Waals surface area contributed by atoms with E-state index in [2.05, 4.69) is 405 Å². The average molecular weight is 1480 g/mol. The van der Waals surface area contributed by atoms with Crippen LogP contribution in [0, 0.1) is 48.5 Å². The lowest BCUT2D eigenvalue weighted by Crippen LogP contribution is -2.16. The lowest BCUT2D eigenvalue weighted by molar-refractivity contribution is 0.655. The van der Waals surface area contributed by atoms with E-state index in [0.29, 0.717) is 0 Å². The number of thiophene rings is 3. The molecule has 0 atom stereocenters. The molecule has 4 aromatic heterocycles. The van der Waals surface area contributed by atoms with Crippen molar-refractivity contribution >= 4 is 116 Å². The van der Waals surface area contributed by atoms with Gasteiger partial charge in [-0.25, -0.2) is 0 Å². The first-order chi connectivity index (χ1) is 53.2. The molecular weight excluding hydrogens is 1390 g/mol. The largest absolute Gasteiger partial charge is 0.455 e. The number of hydrogen-bond donors (Lipinski definition) is 0. The lowest BCUT2D eigenvalue weighted by Gasteiger charge is -2.23. The molecule has 1 nitrogen and oxygen atoms in total. The standard InChI is InChI=1S/C19H14O.3C16H16.3C13H10S/c1-13-7-5-11-16-17-12-6-10-15(19(17)20-18(13)16)14-8-3-2-4-9-14;1-11-7-6-9-13-12-8-4-5-10-14(12)16(2,3)15(11)13;1-11-8-9-15-13(10-11)12-6-4-5-7-14(12)16(15,2)3;1-11-8-9-13-12-6-4-5-7-14(12)16(2,3)15(13)10-11;1-9-5-4-7-11-10-6-2-3-8-12(10)14-13(9)11;1-9-6-7-13-11(8-9)10-4-2-3-5-12(10)14-13;1-9-6-7-11-10-4-2-3-5-12(10)14-13(11)8-9/h2-12H,1H3;3*4-10H,1-3H3;3*2-8H,1H3. The molecule has 540 valence electrons. The summed E-state index contributed by atoms with van der Waals surface area (Å²) in [5.74, 6) is 0. The number of fused-ring (bicyclic) bond motifs is 21. The van der Waals surface area contributed by atoms with Gasteiger partial charge in [0.1, 0.15) is 11.2 Å². The monoisotopic (exact) mass is 1480 g/mol. The van der Waals surface area contributed by atoms with Gasteiger partial charge in [0.15, 0.2) is 0 Å². The zero-order valence-corrected chi connectivity index (χ0v) is 67.7. The maximum atomic E-state index is 6.17. The van der Waals surface area contributed by atoms with Crippen molar-refractivity contribution in [2.75, 3.05) is 0 Å². The van der Waals surface area contributed by atoms with Crippen LogP contribution in [0.2, 0.25) is 0 Å². The molecule has 4 heterocycles. The van der Waals surface area contributed by atoms with Crippen LogP contribution in [0.25, 0.3) is 127 Å². The number of hydrogen-bond acceptors (Lipinski definition) is 4. The molecule has 4 heteroatoms. The molecule has 0 N–H and O–H groups in total. The Morgan fingerprint density at radius 2 is 0.618 bits per heavy atom. The van der Waals surface area contributed by atoms with Crippen LogP contribution in [-0.4, -0.2) is 0 Å². The van der Waals surface area contributed by atoms with Crippen LogP contribution in [0.15, 0.2) is 326 Å². The van der Waals surface area contributed by atoms with Crippen molar-refractivity contribution in [2.24, 2.45) is 0 Å². The van der Waals surface area contributed by atoms with Crippen molar-refractivity contribution in [3.8, 4) is 44.5 Å². The Balaban J connectivity index is 0.0000000978. The Bertz CT molecular complexity index is 6630. The van der Waals surface area contributed by atoms with E-state index >= 15 is 0 Å². The fraction of sp³-hybridized carbons (Fsp3) is 0.151. The number of benzene rings is 15. The smallest absolute Gasteiger partial charge is 0.143 e. The summed E-state index contributed by atoms with van der Waals surface area (Å²) in [5.41, 5.74) is 31.3. The molecule has 22 rings (SSSR count). The minimum atomic E-state index is 0.150. The topological polar surface area (TPSA) is 13.1 Å². The molecule has 3 aliphatic rings. The van der Waals surface area contributed by atoms with Crippen molar-refractivity contribution in [1.29, 1.82) is 0 Å². The normalized spacial score (nSPS) is 13.2. The Kier molecular flexibility index (Phi) is 19.9. The molecule has 0 spiro atoms. The third kappa shape index (κ3) is 13.7. The predicted molar refractivity (Wildman–Crippen MR) is 482 cm³/mol. The van der Waals surface area contributed by atoms with Gasteiger partial charge in [-0.2, -0.15) is 0 Å². The molecule has 0 bridgehead atoms. The highest BCUT2D eigenvalue weighted by Gasteiger charge is 2.38. The molecule has 19 aromatic rings. The molecule has 0 radical (unpaired) electrons. The first-order valence-electron chi connectivity index (χ1n) is 38.4. The molecule has 0 aliphatic heterocycles. The minimum absolute atomic E-state index is 0.150. The molecule has 0 saturated heterocycles.